The number of nitro groups is 1. The van der Waals surface area contributed by atoms with Crippen LogP contribution in [0.4, 0.5) is 10.5 Å². The van der Waals surface area contributed by atoms with Crippen LogP contribution in [0, 0.1) is 10.1 Å². The molecule has 0 aromatic heterocycles. The number of halogens is 1. The van der Waals surface area contributed by atoms with E-state index in [-0.39, 0.29) is 22.8 Å². The molecule has 0 unspecified atom stereocenters. The van der Waals surface area contributed by atoms with Crippen molar-refractivity contribution in [1.82, 2.24) is 10.2 Å². The van der Waals surface area contributed by atoms with E-state index in [2.05, 4.69) is 5.32 Å². The molecule has 0 bridgehead atoms. The monoisotopic (exact) mass is 269 g/mol. The van der Waals surface area contributed by atoms with Gasteiger partial charge in [-0.15, -0.1) is 0 Å². The molecule has 1 saturated heterocycles. The molecule has 0 saturated carbocycles. The van der Waals surface area contributed by atoms with Gasteiger partial charge in [0.1, 0.15) is 5.02 Å². The zero-order valence-corrected chi connectivity index (χ0v) is 9.81. The Morgan fingerprint density at radius 2 is 2.22 bits per heavy atom. The van der Waals surface area contributed by atoms with Crippen LogP contribution in [0.3, 0.4) is 0 Å². The van der Waals surface area contributed by atoms with Gasteiger partial charge in [-0.1, -0.05) is 11.6 Å². The summed E-state index contributed by atoms with van der Waals surface area (Å²) in [6, 6.07) is 3.18. The van der Waals surface area contributed by atoms with Gasteiger partial charge in [-0.05, 0) is 12.1 Å². The topological polar surface area (TPSA) is 92.6 Å². The molecule has 2 rings (SSSR count). The predicted molar refractivity (Wildman–Crippen MR) is 62.5 cm³/mol. The third-order valence-corrected chi connectivity index (χ3v) is 2.81. The van der Waals surface area contributed by atoms with Crippen molar-refractivity contribution in [2.75, 3.05) is 13.1 Å². The summed E-state index contributed by atoms with van der Waals surface area (Å²) in [6.45, 7) is 0.619. The highest BCUT2D eigenvalue weighted by atomic mass is 35.5. The minimum absolute atomic E-state index is 0.0533. The molecule has 0 aliphatic carbocycles. The Kier molecular flexibility index (Phi) is 3.15. The largest absolute Gasteiger partial charge is 0.336 e. The van der Waals surface area contributed by atoms with Crippen molar-refractivity contribution in [3.63, 3.8) is 0 Å². The fourth-order valence-electron chi connectivity index (χ4n) is 1.61. The van der Waals surface area contributed by atoms with E-state index in [1.54, 1.807) is 0 Å². The number of hydrogen-bond acceptors (Lipinski definition) is 4. The third kappa shape index (κ3) is 2.12. The molecule has 1 fully saturated rings. The highest BCUT2D eigenvalue weighted by Crippen LogP contribution is 2.25. The van der Waals surface area contributed by atoms with E-state index in [4.69, 9.17) is 11.6 Å². The van der Waals surface area contributed by atoms with Gasteiger partial charge < -0.3 is 5.32 Å². The quantitative estimate of drug-likeness (QED) is 0.649. The lowest BCUT2D eigenvalue weighted by molar-refractivity contribution is -0.384. The molecule has 0 spiro atoms. The molecular weight excluding hydrogens is 262 g/mol. The number of amides is 3. The van der Waals surface area contributed by atoms with Crippen molar-refractivity contribution in [1.29, 1.82) is 0 Å². The van der Waals surface area contributed by atoms with E-state index in [0.717, 1.165) is 11.0 Å². The first kappa shape index (κ1) is 12.3. The molecule has 1 N–H and O–H groups in total. The molecule has 0 atom stereocenters. The van der Waals surface area contributed by atoms with Crippen LogP contribution in [0.1, 0.15) is 10.4 Å². The molecule has 1 aliphatic rings. The van der Waals surface area contributed by atoms with Gasteiger partial charge in [0.15, 0.2) is 0 Å². The van der Waals surface area contributed by atoms with Gasteiger partial charge in [-0.3, -0.25) is 19.8 Å². The first-order valence-corrected chi connectivity index (χ1v) is 5.42. The van der Waals surface area contributed by atoms with Crippen molar-refractivity contribution in [2.45, 2.75) is 0 Å². The zero-order chi connectivity index (χ0) is 13.3. The van der Waals surface area contributed by atoms with Crippen LogP contribution >= 0.6 is 11.6 Å². The van der Waals surface area contributed by atoms with Gasteiger partial charge in [0.05, 0.1) is 4.92 Å². The van der Waals surface area contributed by atoms with Crippen LogP contribution in [0.5, 0.6) is 0 Å². The maximum atomic E-state index is 11.9. The molecule has 1 heterocycles. The molecular formula is C10H8ClN3O4. The first-order chi connectivity index (χ1) is 8.50. The van der Waals surface area contributed by atoms with Gasteiger partial charge in [-0.25, -0.2) is 4.79 Å². The molecule has 7 nitrogen and oxygen atoms in total. The maximum Gasteiger partial charge on any atom is 0.324 e. The number of urea groups is 1. The standard InChI is InChI=1S/C10H8ClN3O4/c11-7-2-1-6(5-8(7)14(17)18)9(15)13-4-3-12-10(13)16/h1-2,5H,3-4H2,(H,12,16). The number of carbonyl (C=O) groups is 2. The lowest BCUT2D eigenvalue weighted by Gasteiger charge is -2.11. The van der Waals surface area contributed by atoms with Gasteiger partial charge in [0, 0.05) is 24.7 Å². The number of imide groups is 1. The van der Waals surface area contributed by atoms with Crippen LogP contribution in [0.25, 0.3) is 0 Å². The summed E-state index contributed by atoms with van der Waals surface area (Å²) in [6.07, 6.45) is 0. The van der Waals surface area contributed by atoms with E-state index in [1.165, 1.54) is 12.1 Å². The number of benzene rings is 1. The van der Waals surface area contributed by atoms with Crippen LogP contribution in [0.2, 0.25) is 5.02 Å². The van der Waals surface area contributed by atoms with E-state index in [9.17, 15) is 19.7 Å². The van der Waals surface area contributed by atoms with Crippen molar-refractivity contribution < 1.29 is 14.5 Å². The van der Waals surface area contributed by atoms with E-state index in [0.29, 0.717) is 6.54 Å². The molecule has 0 radical (unpaired) electrons. The predicted octanol–water partition coefficient (Wildman–Crippen LogP) is 1.41. The SMILES string of the molecule is O=C1NCCN1C(=O)c1ccc(Cl)c([N+](=O)[O-])c1. The average Bonchev–Trinajstić information content (AvgIpc) is 2.75. The molecule has 18 heavy (non-hydrogen) atoms. The fraction of sp³-hybridized carbons (Fsp3) is 0.200. The molecule has 3 amide bonds. The summed E-state index contributed by atoms with van der Waals surface area (Å²) in [5.74, 6) is -0.579. The van der Waals surface area contributed by atoms with Crippen molar-refractivity contribution in [3.05, 3.63) is 38.9 Å². The number of hydrogen-bond donors (Lipinski definition) is 1. The van der Waals surface area contributed by atoms with Gasteiger partial charge >= 0.3 is 6.03 Å². The lowest BCUT2D eigenvalue weighted by atomic mass is 10.2. The zero-order valence-electron chi connectivity index (χ0n) is 9.05. The summed E-state index contributed by atoms with van der Waals surface area (Å²) >= 11 is 5.64. The summed E-state index contributed by atoms with van der Waals surface area (Å²) < 4.78 is 0. The van der Waals surface area contributed by atoms with E-state index < -0.39 is 16.9 Å². The number of rotatable bonds is 2. The number of nitrogens with one attached hydrogen (secondary N) is 1. The second kappa shape index (κ2) is 4.61. The summed E-state index contributed by atoms with van der Waals surface area (Å²) in [5, 5.41) is 13.1. The normalized spacial score (nSPS) is 14.5. The lowest BCUT2D eigenvalue weighted by Crippen LogP contribution is -2.34. The molecule has 8 heteroatoms. The minimum atomic E-state index is -0.677. The fourth-order valence-corrected chi connectivity index (χ4v) is 1.79. The highest BCUT2D eigenvalue weighted by Gasteiger charge is 2.28. The van der Waals surface area contributed by atoms with E-state index >= 15 is 0 Å². The summed E-state index contributed by atoms with van der Waals surface area (Å²) in [4.78, 5) is 34.3. The maximum absolute atomic E-state index is 11.9. The first-order valence-electron chi connectivity index (χ1n) is 5.04. The average molecular weight is 270 g/mol. The minimum Gasteiger partial charge on any atom is -0.336 e. The molecule has 1 aromatic carbocycles. The third-order valence-electron chi connectivity index (χ3n) is 2.49. The smallest absolute Gasteiger partial charge is 0.324 e. The Morgan fingerprint density at radius 3 is 2.78 bits per heavy atom. The number of carbonyl (C=O) groups excluding carboxylic acids is 2. The Morgan fingerprint density at radius 1 is 1.50 bits per heavy atom. The number of nitro benzene ring substituents is 1. The Bertz CT molecular complexity index is 546. The Hall–Kier alpha value is -2.15. The van der Waals surface area contributed by atoms with Crippen LogP contribution in [0.15, 0.2) is 18.2 Å². The Labute approximate surface area is 106 Å². The second-order valence-corrected chi connectivity index (χ2v) is 4.02. The highest BCUT2D eigenvalue weighted by molar-refractivity contribution is 6.32. The van der Waals surface area contributed by atoms with Gasteiger partial charge in [0.25, 0.3) is 11.6 Å². The van der Waals surface area contributed by atoms with E-state index in [1.807, 2.05) is 0 Å². The Balaban J connectivity index is 2.34. The van der Waals surface area contributed by atoms with Crippen molar-refractivity contribution in [3.8, 4) is 0 Å². The van der Waals surface area contributed by atoms with Crippen LogP contribution < -0.4 is 5.32 Å². The molecule has 94 valence electrons. The van der Waals surface area contributed by atoms with Gasteiger partial charge in [0.2, 0.25) is 0 Å². The second-order valence-electron chi connectivity index (χ2n) is 3.61. The van der Waals surface area contributed by atoms with Crippen molar-refractivity contribution in [2.24, 2.45) is 0 Å². The van der Waals surface area contributed by atoms with Crippen LogP contribution in [-0.2, 0) is 0 Å². The summed E-state index contributed by atoms with van der Waals surface area (Å²) in [5.41, 5.74) is -0.301. The molecule has 1 aliphatic heterocycles. The van der Waals surface area contributed by atoms with Crippen LogP contribution in [-0.4, -0.2) is 34.9 Å². The summed E-state index contributed by atoms with van der Waals surface area (Å²) in [7, 11) is 0. The molecule has 1 aromatic rings. The van der Waals surface area contributed by atoms with Gasteiger partial charge in [-0.2, -0.15) is 0 Å². The van der Waals surface area contributed by atoms with Crippen molar-refractivity contribution >= 4 is 29.2 Å². The number of nitrogens with zero attached hydrogens (tertiary/aromatic N) is 2.